The molecule has 1 amide bonds. The number of nitrogens with one attached hydrogen (secondary N) is 3. The van der Waals surface area contributed by atoms with Crippen LogP contribution in [0.3, 0.4) is 0 Å². The fourth-order valence-electron chi connectivity index (χ4n) is 2.35. The number of carbonyl (C=O) groups excluding carboxylic acids is 1. The monoisotopic (exact) mass is 375 g/mol. The van der Waals surface area contributed by atoms with E-state index in [0.717, 1.165) is 0 Å². The third-order valence-electron chi connectivity index (χ3n) is 3.67. The van der Waals surface area contributed by atoms with Crippen molar-refractivity contribution in [2.45, 2.75) is 0 Å². The Morgan fingerprint density at radius 3 is 2.88 bits per heavy atom. The maximum atomic E-state index is 12.7. The molecule has 1 aromatic carbocycles. The van der Waals surface area contributed by atoms with Gasteiger partial charge in [-0.05, 0) is 38.4 Å². The minimum absolute atomic E-state index is 0.259. The van der Waals surface area contributed by atoms with Crippen LogP contribution in [0.1, 0.15) is 10.4 Å². The van der Waals surface area contributed by atoms with Gasteiger partial charge in [0.05, 0.1) is 10.9 Å². The number of aromatic amines is 2. The van der Waals surface area contributed by atoms with Crippen molar-refractivity contribution < 1.29 is 9.53 Å². The lowest BCUT2D eigenvalue weighted by atomic mass is 10.2. The average molecular weight is 376 g/mol. The number of rotatable bonds is 6. The van der Waals surface area contributed by atoms with Crippen LogP contribution in [0.2, 0.25) is 5.02 Å². The SMILES string of the molecule is CN(C)CCOc1ccc(Cl)cc1C(=O)Nc1n[nH]c2[nH]c(=O)ccc12. The van der Waals surface area contributed by atoms with Gasteiger partial charge in [0.25, 0.3) is 5.91 Å². The number of likely N-dealkylation sites (N-methyl/N-ethyl adjacent to an activating group) is 1. The van der Waals surface area contributed by atoms with Crippen molar-refractivity contribution in [1.29, 1.82) is 0 Å². The molecule has 0 aliphatic rings. The van der Waals surface area contributed by atoms with Crippen LogP contribution in [-0.2, 0) is 0 Å². The van der Waals surface area contributed by atoms with Gasteiger partial charge < -0.3 is 19.9 Å². The number of aromatic nitrogens is 3. The van der Waals surface area contributed by atoms with Gasteiger partial charge in [-0.2, -0.15) is 5.10 Å². The molecule has 2 aromatic heterocycles. The quantitative estimate of drug-likeness (QED) is 0.612. The van der Waals surface area contributed by atoms with E-state index in [2.05, 4.69) is 20.5 Å². The van der Waals surface area contributed by atoms with Gasteiger partial charge in [-0.1, -0.05) is 11.6 Å². The lowest BCUT2D eigenvalue weighted by molar-refractivity contribution is 0.102. The standard InChI is InChI=1S/C17H18ClN5O3/c1-23(2)7-8-26-13-5-3-10(18)9-12(13)17(25)20-16-11-4-6-14(24)19-15(11)21-22-16/h3-6,9H,7-8H2,1-2H3,(H3,19,20,21,22,24,25). The van der Waals surface area contributed by atoms with E-state index < -0.39 is 5.91 Å². The number of nitrogens with zero attached hydrogens (tertiary/aromatic N) is 2. The summed E-state index contributed by atoms with van der Waals surface area (Å²) in [4.78, 5) is 28.6. The molecule has 0 aliphatic heterocycles. The molecule has 9 heteroatoms. The molecule has 2 heterocycles. The van der Waals surface area contributed by atoms with Gasteiger partial charge in [-0.3, -0.25) is 14.7 Å². The summed E-state index contributed by atoms with van der Waals surface area (Å²) >= 11 is 6.03. The Morgan fingerprint density at radius 1 is 1.31 bits per heavy atom. The fourth-order valence-corrected chi connectivity index (χ4v) is 2.52. The summed E-state index contributed by atoms with van der Waals surface area (Å²) in [6.45, 7) is 1.14. The molecule has 0 saturated carbocycles. The molecule has 0 radical (unpaired) electrons. The van der Waals surface area contributed by atoms with E-state index in [9.17, 15) is 9.59 Å². The van der Waals surface area contributed by atoms with E-state index in [4.69, 9.17) is 16.3 Å². The number of fused-ring (bicyclic) bond motifs is 1. The molecular formula is C17H18ClN5O3. The number of halogens is 1. The summed E-state index contributed by atoms with van der Waals surface area (Å²) < 4.78 is 5.71. The zero-order valence-corrected chi connectivity index (χ0v) is 15.1. The van der Waals surface area contributed by atoms with Crippen LogP contribution >= 0.6 is 11.6 Å². The molecule has 0 bridgehead atoms. The van der Waals surface area contributed by atoms with Crippen LogP contribution in [0.15, 0.2) is 35.1 Å². The molecule has 3 N–H and O–H groups in total. The number of pyridine rings is 1. The molecule has 0 unspecified atom stereocenters. The second-order valence-corrected chi connectivity index (χ2v) is 6.37. The normalized spacial score (nSPS) is 11.1. The molecule has 0 saturated heterocycles. The maximum Gasteiger partial charge on any atom is 0.260 e. The Hall–Kier alpha value is -2.84. The van der Waals surface area contributed by atoms with Gasteiger partial charge in [0.1, 0.15) is 18.0 Å². The molecule has 136 valence electrons. The molecule has 0 atom stereocenters. The largest absolute Gasteiger partial charge is 0.491 e. The first-order valence-electron chi connectivity index (χ1n) is 7.90. The Morgan fingerprint density at radius 2 is 2.12 bits per heavy atom. The summed E-state index contributed by atoms with van der Waals surface area (Å²) in [5, 5.41) is 10.4. The Labute approximate surface area is 154 Å². The first-order chi connectivity index (χ1) is 12.4. The van der Waals surface area contributed by atoms with Gasteiger partial charge in [0.15, 0.2) is 5.82 Å². The van der Waals surface area contributed by atoms with E-state index in [-0.39, 0.29) is 5.56 Å². The van der Waals surface area contributed by atoms with Gasteiger partial charge >= 0.3 is 0 Å². The molecule has 0 spiro atoms. The van der Waals surface area contributed by atoms with Crippen molar-refractivity contribution in [2.24, 2.45) is 0 Å². The summed E-state index contributed by atoms with van der Waals surface area (Å²) in [6, 6.07) is 7.81. The fraction of sp³-hybridized carbons (Fsp3) is 0.235. The van der Waals surface area contributed by atoms with Crippen molar-refractivity contribution in [1.82, 2.24) is 20.1 Å². The smallest absolute Gasteiger partial charge is 0.260 e. The summed E-state index contributed by atoms with van der Waals surface area (Å²) in [6.07, 6.45) is 0. The first kappa shape index (κ1) is 18.0. The van der Waals surface area contributed by atoms with E-state index >= 15 is 0 Å². The number of benzene rings is 1. The van der Waals surface area contributed by atoms with Crippen LogP contribution in [0, 0.1) is 0 Å². The topological polar surface area (TPSA) is 103 Å². The van der Waals surface area contributed by atoms with E-state index in [1.165, 1.54) is 6.07 Å². The van der Waals surface area contributed by atoms with Crippen LogP contribution in [0.25, 0.3) is 11.0 Å². The van der Waals surface area contributed by atoms with Gasteiger partial charge in [0, 0.05) is 17.6 Å². The number of anilines is 1. The van der Waals surface area contributed by atoms with Crippen molar-refractivity contribution in [3.05, 3.63) is 51.3 Å². The molecule has 3 aromatic rings. The minimum Gasteiger partial charge on any atom is -0.491 e. The Kier molecular flexibility index (Phi) is 5.24. The summed E-state index contributed by atoms with van der Waals surface area (Å²) in [5.41, 5.74) is 0.476. The molecule has 0 fully saturated rings. The third-order valence-corrected chi connectivity index (χ3v) is 3.90. The molecule has 3 rings (SSSR count). The van der Waals surface area contributed by atoms with Crippen molar-refractivity contribution in [2.75, 3.05) is 32.6 Å². The number of H-pyrrole nitrogens is 2. The van der Waals surface area contributed by atoms with Gasteiger partial charge in [-0.25, -0.2) is 0 Å². The van der Waals surface area contributed by atoms with E-state index in [0.29, 0.717) is 46.3 Å². The predicted octanol–water partition coefficient (Wildman–Crippen LogP) is 2.10. The predicted molar refractivity (Wildman–Crippen MR) is 100 cm³/mol. The molecule has 26 heavy (non-hydrogen) atoms. The van der Waals surface area contributed by atoms with E-state index in [1.807, 2.05) is 19.0 Å². The summed E-state index contributed by atoms with van der Waals surface area (Å²) in [7, 11) is 3.87. The van der Waals surface area contributed by atoms with E-state index in [1.54, 1.807) is 24.3 Å². The zero-order valence-electron chi connectivity index (χ0n) is 14.3. The highest BCUT2D eigenvalue weighted by Gasteiger charge is 2.16. The number of hydrogen-bond donors (Lipinski definition) is 3. The second kappa shape index (κ2) is 7.59. The minimum atomic E-state index is -0.410. The number of hydrogen-bond acceptors (Lipinski definition) is 5. The lowest BCUT2D eigenvalue weighted by Crippen LogP contribution is -2.21. The molecule has 8 nitrogen and oxygen atoms in total. The first-order valence-corrected chi connectivity index (χ1v) is 8.27. The van der Waals surface area contributed by atoms with Crippen molar-refractivity contribution >= 4 is 34.4 Å². The number of ether oxygens (including phenoxy) is 1. The van der Waals surface area contributed by atoms with Crippen LogP contribution in [0.4, 0.5) is 5.82 Å². The maximum absolute atomic E-state index is 12.7. The van der Waals surface area contributed by atoms with Gasteiger partial charge in [0.2, 0.25) is 5.56 Å². The summed E-state index contributed by atoms with van der Waals surface area (Å²) in [5.74, 6) is 0.328. The van der Waals surface area contributed by atoms with Crippen molar-refractivity contribution in [3.63, 3.8) is 0 Å². The highest BCUT2D eigenvalue weighted by atomic mass is 35.5. The zero-order chi connectivity index (χ0) is 18.7. The van der Waals surface area contributed by atoms with Crippen LogP contribution in [-0.4, -0.2) is 53.2 Å². The Bertz CT molecular complexity index is 995. The third kappa shape index (κ3) is 4.04. The lowest BCUT2D eigenvalue weighted by Gasteiger charge is -2.14. The highest BCUT2D eigenvalue weighted by molar-refractivity contribution is 6.31. The highest BCUT2D eigenvalue weighted by Crippen LogP contribution is 2.25. The number of carbonyl (C=O) groups is 1. The average Bonchev–Trinajstić information content (AvgIpc) is 2.97. The van der Waals surface area contributed by atoms with Crippen molar-refractivity contribution in [3.8, 4) is 5.75 Å². The molecule has 0 aliphatic carbocycles. The van der Waals surface area contributed by atoms with Crippen LogP contribution in [0.5, 0.6) is 5.75 Å². The van der Waals surface area contributed by atoms with Crippen LogP contribution < -0.4 is 15.6 Å². The van der Waals surface area contributed by atoms with Gasteiger partial charge in [-0.15, -0.1) is 0 Å². The Balaban J connectivity index is 1.84. The molecular weight excluding hydrogens is 358 g/mol. The second-order valence-electron chi connectivity index (χ2n) is 5.93. The number of amides is 1.